The fourth-order valence-electron chi connectivity index (χ4n) is 0.247. The molecule has 0 aromatic rings. The van der Waals surface area contributed by atoms with Crippen molar-refractivity contribution in [3.63, 3.8) is 0 Å². The maximum absolute atomic E-state index is 12.3. The molecule has 2 N–H and O–H groups in total. The summed E-state index contributed by atoms with van der Waals surface area (Å²) in [6.07, 6.45) is 0. The van der Waals surface area contributed by atoms with E-state index < -0.39 is 17.7 Å². The van der Waals surface area contributed by atoms with E-state index in [9.17, 15) is 9.18 Å². The summed E-state index contributed by atoms with van der Waals surface area (Å²) in [6, 6.07) is 0. The third kappa shape index (κ3) is 1.64. The van der Waals surface area contributed by atoms with Crippen LogP contribution in [-0.2, 0) is 4.79 Å². The number of aliphatic hydroxyl groups is 1. The van der Waals surface area contributed by atoms with E-state index in [1.165, 1.54) is 13.8 Å². The highest BCUT2D eigenvalue weighted by atomic mass is 19.2. The van der Waals surface area contributed by atoms with Crippen LogP contribution in [-0.4, -0.2) is 22.0 Å². The molecule has 0 aliphatic rings. The van der Waals surface area contributed by atoms with Gasteiger partial charge in [0.25, 0.3) is 0 Å². The zero-order valence-electron chi connectivity index (χ0n) is 5.26. The zero-order chi connectivity index (χ0) is 7.65. The Morgan fingerprint density at radius 3 is 2.00 bits per heavy atom. The van der Waals surface area contributed by atoms with Crippen LogP contribution in [0.2, 0.25) is 0 Å². The van der Waals surface area contributed by atoms with Crippen molar-refractivity contribution in [1.29, 1.82) is 0 Å². The van der Waals surface area contributed by atoms with Crippen molar-refractivity contribution < 1.29 is 19.4 Å². The number of hydrogen-bond acceptors (Lipinski definition) is 2. The number of aliphatic carboxylic acids is 1. The number of carbonyl (C=O) groups is 1. The standard InChI is InChI=1S/C5H9FO3/c1-3(2)5(6,9)4(7)8/h3,9H,1-2H3,(H,7,8). The molecule has 0 radical (unpaired) electrons. The van der Waals surface area contributed by atoms with Crippen LogP contribution in [0.25, 0.3) is 0 Å². The minimum atomic E-state index is -3.08. The number of hydrogen-bond donors (Lipinski definition) is 2. The van der Waals surface area contributed by atoms with Crippen molar-refractivity contribution in [1.82, 2.24) is 0 Å². The Hall–Kier alpha value is -0.640. The molecular weight excluding hydrogens is 127 g/mol. The molecule has 0 saturated carbocycles. The van der Waals surface area contributed by atoms with Gasteiger partial charge in [-0.25, -0.2) is 4.79 Å². The Morgan fingerprint density at radius 1 is 1.67 bits per heavy atom. The molecule has 0 saturated heterocycles. The van der Waals surface area contributed by atoms with Crippen LogP contribution in [0.15, 0.2) is 0 Å². The van der Waals surface area contributed by atoms with Gasteiger partial charge in [-0.05, 0) is 0 Å². The van der Waals surface area contributed by atoms with E-state index in [-0.39, 0.29) is 0 Å². The van der Waals surface area contributed by atoms with Gasteiger partial charge in [-0.15, -0.1) is 0 Å². The van der Waals surface area contributed by atoms with E-state index >= 15 is 0 Å². The number of rotatable bonds is 2. The van der Waals surface area contributed by atoms with Gasteiger partial charge in [0.1, 0.15) is 0 Å². The minimum absolute atomic E-state index is 0.921. The van der Waals surface area contributed by atoms with Gasteiger partial charge in [-0.3, -0.25) is 0 Å². The van der Waals surface area contributed by atoms with Crippen LogP contribution in [0.4, 0.5) is 4.39 Å². The topological polar surface area (TPSA) is 57.5 Å². The van der Waals surface area contributed by atoms with Crippen molar-refractivity contribution >= 4 is 5.97 Å². The lowest BCUT2D eigenvalue weighted by molar-refractivity contribution is -0.190. The fraction of sp³-hybridized carbons (Fsp3) is 0.800. The molecule has 0 aliphatic heterocycles. The van der Waals surface area contributed by atoms with Crippen LogP contribution in [0, 0.1) is 5.92 Å². The molecule has 0 aromatic heterocycles. The zero-order valence-corrected chi connectivity index (χ0v) is 5.26. The highest BCUT2D eigenvalue weighted by Crippen LogP contribution is 2.17. The molecule has 0 spiro atoms. The van der Waals surface area contributed by atoms with Crippen molar-refractivity contribution in [2.24, 2.45) is 5.92 Å². The largest absolute Gasteiger partial charge is 0.477 e. The van der Waals surface area contributed by atoms with Crippen molar-refractivity contribution in [2.45, 2.75) is 19.7 Å². The van der Waals surface area contributed by atoms with Gasteiger partial charge < -0.3 is 10.2 Å². The molecule has 9 heavy (non-hydrogen) atoms. The van der Waals surface area contributed by atoms with Gasteiger partial charge in [-0.2, -0.15) is 4.39 Å². The van der Waals surface area contributed by atoms with Crippen molar-refractivity contribution in [3.05, 3.63) is 0 Å². The van der Waals surface area contributed by atoms with Gasteiger partial charge in [0.05, 0.1) is 0 Å². The van der Waals surface area contributed by atoms with Gasteiger partial charge in [0.2, 0.25) is 0 Å². The average molecular weight is 136 g/mol. The molecule has 4 heteroatoms. The number of carboxylic acids is 1. The number of alkyl halides is 1. The second kappa shape index (κ2) is 2.31. The summed E-state index contributed by atoms with van der Waals surface area (Å²) in [6.45, 7) is 2.57. The average Bonchev–Trinajstić information content (AvgIpc) is 1.65. The Bertz CT molecular complexity index is 119. The molecule has 0 amide bonds. The van der Waals surface area contributed by atoms with Crippen LogP contribution in [0.1, 0.15) is 13.8 Å². The van der Waals surface area contributed by atoms with E-state index in [1.54, 1.807) is 0 Å². The lowest BCUT2D eigenvalue weighted by atomic mass is 10.1. The molecule has 0 fully saturated rings. The predicted octanol–water partition coefficient (Wildman–Crippen LogP) is 0.385. The lowest BCUT2D eigenvalue weighted by Crippen LogP contribution is -2.38. The third-order valence-electron chi connectivity index (χ3n) is 1.07. The van der Waals surface area contributed by atoms with Gasteiger partial charge in [0, 0.05) is 5.92 Å². The normalized spacial score (nSPS) is 17.4. The first kappa shape index (κ1) is 8.36. The van der Waals surface area contributed by atoms with E-state index in [2.05, 4.69) is 0 Å². The Morgan fingerprint density at radius 2 is 2.00 bits per heavy atom. The maximum Gasteiger partial charge on any atom is 0.369 e. The summed E-state index contributed by atoms with van der Waals surface area (Å²) in [4.78, 5) is 9.84. The predicted molar refractivity (Wildman–Crippen MR) is 28.5 cm³/mol. The fourth-order valence-corrected chi connectivity index (χ4v) is 0.247. The number of halogens is 1. The number of carboxylic acid groups (broad SMARTS) is 1. The lowest BCUT2D eigenvalue weighted by Gasteiger charge is -2.16. The summed E-state index contributed by atoms with van der Waals surface area (Å²) < 4.78 is 12.3. The Balaban J connectivity index is 4.19. The first-order valence-electron chi connectivity index (χ1n) is 2.53. The smallest absolute Gasteiger partial charge is 0.369 e. The molecule has 0 heterocycles. The monoisotopic (exact) mass is 136 g/mol. The molecule has 1 atom stereocenters. The summed E-state index contributed by atoms with van der Waals surface area (Å²) in [5, 5.41) is 16.4. The second-order valence-corrected chi connectivity index (χ2v) is 2.13. The molecule has 0 aromatic carbocycles. The summed E-state index contributed by atoms with van der Waals surface area (Å²) >= 11 is 0. The molecule has 0 rings (SSSR count). The van der Waals surface area contributed by atoms with Crippen LogP contribution in [0.3, 0.4) is 0 Å². The van der Waals surface area contributed by atoms with E-state index in [0.717, 1.165) is 0 Å². The van der Waals surface area contributed by atoms with Gasteiger partial charge >= 0.3 is 11.8 Å². The second-order valence-electron chi connectivity index (χ2n) is 2.13. The molecule has 0 bridgehead atoms. The van der Waals surface area contributed by atoms with Gasteiger partial charge in [0.15, 0.2) is 0 Å². The first-order chi connectivity index (χ1) is 3.89. The highest BCUT2D eigenvalue weighted by molar-refractivity contribution is 5.75. The summed E-state index contributed by atoms with van der Waals surface area (Å²) in [5.41, 5.74) is 0. The molecule has 0 aliphatic carbocycles. The SMILES string of the molecule is CC(C)C(O)(F)C(=O)O. The first-order valence-corrected chi connectivity index (χ1v) is 2.53. The van der Waals surface area contributed by atoms with Crippen LogP contribution in [0.5, 0.6) is 0 Å². The van der Waals surface area contributed by atoms with Crippen molar-refractivity contribution in [3.8, 4) is 0 Å². The quantitative estimate of drug-likeness (QED) is 0.577. The van der Waals surface area contributed by atoms with Gasteiger partial charge in [-0.1, -0.05) is 13.8 Å². The molecule has 54 valence electrons. The van der Waals surface area contributed by atoms with Crippen LogP contribution >= 0.6 is 0 Å². The van der Waals surface area contributed by atoms with Crippen molar-refractivity contribution in [2.75, 3.05) is 0 Å². The maximum atomic E-state index is 12.3. The molecule has 1 unspecified atom stereocenters. The van der Waals surface area contributed by atoms with E-state index in [1.807, 2.05) is 0 Å². The molecule has 3 nitrogen and oxygen atoms in total. The molecular formula is C5H9FO3. The van der Waals surface area contributed by atoms with E-state index in [0.29, 0.717) is 0 Å². The Labute approximate surface area is 52.1 Å². The minimum Gasteiger partial charge on any atom is -0.477 e. The van der Waals surface area contributed by atoms with Crippen LogP contribution < -0.4 is 0 Å². The highest BCUT2D eigenvalue weighted by Gasteiger charge is 2.39. The Kier molecular flexibility index (Phi) is 2.14. The van der Waals surface area contributed by atoms with E-state index in [4.69, 9.17) is 10.2 Å². The third-order valence-corrected chi connectivity index (χ3v) is 1.07. The summed E-state index contributed by atoms with van der Waals surface area (Å²) in [7, 11) is 0. The summed E-state index contributed by atoms with van der Waals surface area (Å²) in [5.74, 6) is -5.84.